The van der Waals surface area contributed by atoms with Gasteiger partial charge in [-0.05, 0) is 18.6 Å². The van der Waals surface area contributed by atoms with Gasteiger partial charge in [0.1, 0.15) is 13.3 Å². The molecule has 0 bridgehead atoms. The Hall–Kier alpha value is -1.63. The first-order valence-electron chi connectivity index (χ1n) is 5.11. The topological polar surface area (TPSA) is 3.01 Å². The zero-order valence-electron chi connectivity index (χ0n) is 9.70. The molecule has 0 aliphatic rings. The van der Waals surface area contributed by atoms with E-state index in [0.717, 1.165) is 0 Å². The minimum absolute atomic E-state index is 1.17. The number of hydrogen-bond donors (Lipinski definition) is 0. The third-order valence-corrected chi connectivity index (χ3v) is 2.46. The summed E-state index contributed by atoms with van der Waals surface area (Å²) in [7, 11) is 2.04. The quantitative estimate of drug-likeness (QED) is 0.400. The molecule has 0 N–H and O–H groups in total. The van der Waals surface area contributed by atoms with E-state index in [-0.39, 0.29) is 0 Å². The molecule has 0 radical (unpaired) electrons. The molecule has 0 saturated carbocycles. The monoisotopic (exact) mass is 200 g/mol. The van der Waals surface area contributed by atoms with Crippen LogP contribution in [0.25, 0.3) is 5.70 Å². The van der Waals surface area contributed by atoms with Crippen molar-refractivity contribution >= 4 is 11.9 Å². The normalized spacial score (nSPS) is 12.7. The third kappa shape index (κ3) is 2.66. The van der Waals surface area contributed by atoms with Crippen molar-refractivity contribution in [3.8, 4) is 0 Å². The average molecular weight is 200 g/mol. The molecule has 0 heterocycles. The molecule has 0 fully saturated rings. The smallest absolute Gasteiger partial charge is 0.205 e. The largest absolute Gasteiger partial charge is 0.212 e. The molecule has 1 nitrogen and oxygen atoms in total. The van der Waals surface area contributed by atoms with Crippen LogP contribution in [-0.4, -0.2) is 17.8 Å². The second kappa shape index (κ2) is 5.30. The van der Waals surface area contributed by atoms with Crippen molar-refractivity contribution in [1.82, 2.24) is 0 Å². The SMILES string of the molecule is C=C/C=C(/c1ccccc1C)[N+](C)=CC. The molecule has 0 saturated heterocycles. The van der Waals surface area contributed by atoms with Crippen LogP contribution in [0.5, 0.6) is 0 Å². The van der Waals surface area contributed by atoms with Crippen molar-refractivity contribution in [3.63, 3.8) is 0 Å². The molecule has 15 heavy (non-hydrogen) atoms. The van der Waals surface area contributed by atoms with E-state index >= 15 is 0 Å². The second-order valence-corrected chi connectivity index (χ2v) is 3.47. The van der Waals surface area contributed by atoms with Crippen molar-refractivity contribution in [2.45, 2.75) is 13.8 Å². The van der Waals surface area contributed by atoms with Crippen LogP contribution in [0.2, 0.25) is 0 Å². The summed E-state index contributed by atoms with van der Waals surface area (Å²) < 4.78 is 2.10. The first-order chi connectivity index (χ1) is 7.20. The van der Waals surface area contributed by atoms with Crippen LogP contribution in [0.3, 0.4) is 0 Å². The number of aryl methyl sites for hydroxylation is 1. The van der Waals surface area contributed by atoms with Crippen LogP contribution in [0.4, 0.5) is 0 Å². The Morgan fingerprint density at radius 3 is 2.53 bits per heavy atom. The van der Waals surface area contributed by atoms with E-state index < -0.39 is 0 Å². The molecule has 1 aromatic rings. The van der Waals surface area contributed by atoms with Crippen molar-refractivity contribution in [2.75, 3.05) is 7.05 Å². The molecule has 0 atom stereocenters. The van der Waals surface area contributed by atoms with Crippen LogP contribution in [-0.2, 0) is 0 Å². The lowest BCUT2D eigenvalue weighted by Crippen LogP contribution is -2.05. The summed E-state index contributed by atoms with van der Waals surface area (Å²) in [5.41, 5.74) is 3.70. The maximum Gasteiger partial charge on any atom is 0.212 e. The predicted octanol–water partition coefficient (Wildman–Crippen LogP) is 3.25. The molecular weight excluding hydrogens is 182 g/mol. The summed E-state index contributed by atoms with van der Waals surface area (Å²) in [6.45, 7) is 7.90. The van der Waals surface area contributed by atoms with Gasteiger partial charge in [-0.15, -0.1) is 0 Å². The van der Waals surface area contributed by atoms with Gasteiger partial charge in [0.15, 0.2) is 0 Å². The Morgan fingerprint density at radius 1 is 1.33 bits per heavy atom. The highest BCUT2D eigenvalue weighted by Crippen LogP contribution is 2.18. The Bertz CT molecular complexity index is 411. The molecule has 0 unspecified atom stereocenters. The maximum absolute atomic E-state index is 3.76. The average Bonchev–Trinajstić information content (AvgIpc) is 2.26. The van der Waals surface area contributed by atoms with E-state index in [2.05, 4.69) is 42.3 Å². The summed E-state index contributed by atoms with van der Waals surface area (Å²) in [5.74, 6) is 0. The van der Waals surface area contributed by atoms with Gasteiger partial charge in [-0.1, -0.05) is 30.9 Å². The molecule has 0 aliphatic heterocycles. The second-order valence-electron chi connectivity index (χ2n) is 3.47. The highest BCUT2D eigenvalue weighted by Gasteiger charge is 2.11. The number of benzene rings is 1. The fourth-order valence-electron chi connectivity index (χ4n) is 1.51. The number of hydrogen-bond acceptors (Lipinski definition) is 0. The lowest BCUT2D eigenvalue weighted by molar-refractivity contribution is -0.390. The van der Waals surface area contributed by atoms with Crippen molar-refractivity contribution in [2.24, 2.45) is 0 Å². The number of rotatable bonds is 3. The maximum atomic E-state index is 3.76. The zero-order chi connectivity index (χ0) is 11.3. The van der Waals surface area contributed by atoms with Crippen molar-refractivity contribution < 1.29 is 4.58 Å². The molecular formula is C14H18N+. The van der Waals surface area contributed by atoms with Crippen LogP contribution in [0.1, 0.15) is 18.1 Å². The molecule has 1 heteroatoms. The van der Waals surface area contributed by atoms with Gasteiger partial charge in [-0.3, -0.25) is 0 Å². The van der Waals surface area contributed by atoms with E-state index in [0.29, 0.717) is 0 Å². The molecule has 78 valence electrons. The van der Waals surface area contributed by atoms with Gasteiger partial charge in [0.05, 0.1) is 0 Å². The Morgan fingerprint density at radius 2 is 2.00 bits per heavy atom. The Balaban J connectivity index is 3.29. The fraction of sp³-hybridized carbons (Fsp3) is 0.214. The highest BCUT2D eigenvalue weighted by molar-refractivity contribution is 5.66. The van der Waals surface area contributed by atoms with Gasteiger partial charge in [-0.25, -0.2) is 4.58 Å². The Kier molecular flexibility index (Phi) is 4.04. The Labute approximate surface area is 92.1 Å². The summed E-state index contributed by atoms with van der Waals surface area (Å²) in [4.78, 5) is 0. The minimum Gasteiger partial charge on any atom is -0.205 e. The standard InChI is InChI=1S/C14H18N/c1-5-9-14(15(4)6-2)13-11-8-7-10-12(13)3/h5-11H,1H2,2-4H3/q+1/b14-9-,15-6?. The van der Waals surface area contributed by atoms with E-state index in [1.807, 2.05) is 32.3 Å². The van der Waals surface area contributed by atoms with Crippen LogP contribution >= 0.6 is 0 Å². The fourth-order valence-corrected chi connectivity index (χ4v) is 1.51. The molecule has 0 aliphatic carbocycles. The third-order valence-electron chi connectivity index (χ3n) is 2.46. The van der Waals surface area contributed by atoms with Crippen molar-refractivity contribution in [1.29, 1.82) is 0 Å². The number of allylic oxidation sites excluding steroid dienone is 2. The molecule has 0 amide bonds. The molecule has 0 spiro atoms. The summed E-state index contributed by atoms with van der Waals surface area (Å²) in [6.07, 6.45) is 5.89. The highest BCUT2D eigenvalue weighted by atomic mass is 15.0. The van der Waals surface area contributed by atoms with Crippen LogP contribution < -0.4 is 0 Å². The lowest BCUT2D eigenvalue weighted by Gasteiger charge is -2.05. The van der Waals surface area contributed by atoms with Gasteiger partial charge >= 0.3 is 0 Å². The van der Waals surface area contributed by atoms with Gasteiger partial charge < -0.3 is 0 Å². The van der Waals surface area contributed by atoms with E-state index in [1.165, 1.54) is 16.8 Å². The van der Waals surface area contributed by atoms with Gasteiger partial charge in [0.2, 0.25) is 5.70 Å². The summed E-state index contributed by atoms with van der Waals surface area (Å²) in [5, 5.41) is 0. The predicted molar refractivity (Wildman–Crippen MR) is 67.3 cm³/mol. The van der Waals surface area contributed by atoms with Crippen LogP contribution in [0.15, 0.2) is 43.0 Å². The van der Waals surface area contributed by atoms with Gasteiger partial charge in [-0.2, -0.15) is 0 Å². The zero-order valence-corrected chi connectivity index (χ0v) is 9.70. The lowest BCUT2D eigenvalue weighted by atomic mass is 10.1. The molecule has 1 rings (SSSR count). The number of nitrogens with zero attached hydrogens (tertiary/aromatic N) is 1. The van der Waals surface area contributed by atoms with Gasteiger partial charge in [0.25, 0.3) is 0 Å². The van der Waals surface area contributed by atoms with Crippen molar-refractivity contribution in [3.05, 3.63) is 54.1 Å². The summed E-state index contributed by atoms with van der Waals surface area (Å²) >= 11 is 0. The first-order valence-corrected chi connectivity index (χ1v) is 5.11. The first kappa shape index (κ1) is 11.4. The summed E-state index contributed by atoms with van der Waals surface area (Å²) in [6, 6.07) is 8.36. The molecule has 0 aromatic heterocycles. The molecule has 1 aromatic carbocycles. The van der Waals surface area contributed by atoms with E-state index in [1.54, 1.807) is 0 Å². The van der Waals surface area contributed by atoms with Crippen LogP contribution in [0, 0.1) is 6.92 Å². The minimum atomic E-state index is 1.17. The van der Waals surface area contributed by atoms with E-state index in [9.17, 15) is 0 Å². The van der Waals surface area contributed by atoms with E-state index in [4.69, 9.17) is 0 Å². The van der Waals surface area contributed by atoms with Gasteiger partial charge in [0, 0.05) is 18.6 Å².